The molecule has 0 spiro atoms. The Bertz CT molecular complexity index is 748. The Morgan fingerprint density at radius 1 is 1.24 bits per heavy atom. The lowest BCUT2D eigenvalue weighted by Gasteiger charge is -2.08. The van der Waals surface area contributed by atoms with E-state index in [0.717, 1.165) is 5.56 Å². The van der Waals surface area contributed by atoms with Crippen molar-refractivity contribution in [3.8, 4) is 11.3 Å². The molecule has 0 radical (unpaired) electrons. The molecule has 1 aromatic carbocycles. The van der Waals surface area contributed by atoms with Gasteiger partial charge in [-0.05, 0) is 30.7 Å². The Morgan fingerprint density at radius 2 is 2.00 bits per heavy atom. The van der Waals surface area contributed by atoms with Crippen molar-refractivity contribution < 1.29 is 12.8 Å². The number of aryl methyl sites for hydroxylation is 1. The number of aromatic nitrogens is 2. The van der Waals surface area contributed by atoms with Crippen LogP contribution in [0.2, 0.25) is 0 Å². The number of benzene rings is 1. The predicted octanol–water partition coefficient (Wildman–Crippen LogP) is 2.05. The summed E-state index contributed by atoms with van der Waals surface area (Å²) in [6.07, 6.45) is 1.18. The van der Waals surface area contributed by atoms with Gasteiger partial charge in [0, 0.05) is 18.4 Å². The first-order valence-corrected chi connectivity index (χ1v) is 8.43. The average molecular weight is 309 g/mol. The number of hydrogen-bond acceptors (Lipinski definition) is 5. The molecule has 0 fully saturated rings. The molecule has 1 N–H and O–H groups in total. The predicted molar refractivity (Wildman–Crippen MR) is 80.4 cm³/mol. The second-order valence-corrected chi connectivity index (χ2v) is 7.09. The van der Waals surface area contributed by atoms with E-state index in [4.69, 9.17) is 0 Å². The summed E-state index contributed by atoms with van der Waals surface area (Å²) in [5, 5.41) is 11.0. The molecule has 0 aliphatic carbocycles. The van der Waals surface area contributed by atoms with Crippen LogP contribution in [0.5, 0.6) is 0 Å². The first-order chi connectivity index (χ1) is 9.85. The van der Waals surface area contributed by atoms with E-state index in [1.54, 1.807) is 18.2 Å². The first kappa shape index (κ1) is 15.4. The molecule has 2 rings (SSSR count). The van der Waals surface area contributed by atoms with Gasteiger partial charge in [0.15, 0.2) is 5.82 Å². The van der Waals surface area contributed by atoms with Crippen molar-refractivity contribution in [2.24, 2.45) is 0 Å². The molecule has 21 heavy (non-hydrogen) atoms. The van der Waals surface area contributed by atoms with Crippen LogP contribution < -0.4 is 5.32 Å². The van der Waals surface area contributed by atoms with Crippen molar-refractivity contribution in [1.82, 2.24) is 10.2 Å². The van der Waals surface area contributed by atoms with Crippen LogP contribution in [0.4, 0.5) is 10.2 Å². The maximum atomic E-state index is 13.2. The van der Waals surface area contributed by atoms with Crippen LogP contribution in [0.3, 0.4) is 0 Å². The summed E-state index contributed by atoms with van der Waals surface area (Å²) in [6, 6.07) is 7.90. The average Bonchev–Trinajstić information content (AvgIpc) is 2.39. The zero-order valence-corrected chi connectivity index (χ0v) is 12.6. The molecule has 2 aromatic rings. The van der Waals surface area contributed by atoms with Crippen LogP contribution in [-0.4, -0.2) is 37.2 Å². The minimum atomic E-state index is -3.02. The summed E-state index contributed by atoms with van der Waals surface area (Å²) in [7, 11) is -3.02. The topological polar surface area (TPSA) is 72.0 Å². The van der Waals surface area contributed by atoms with Gasteiger partial charge in [0.25, 0.3) is 0 Å². The number of sulfone groups is 1. The van der Waals surface area contributed by atoms with Crippen LogP contribution >= 0.6 is 0 Å². The van der Waals surface area contributed by atoms with E-state index in [0.29, 0.717) is 17.1 Å². The highest BCUT2D eigenvalue weighted by Crippen LogP contribution is 2.20. The number of anilines is 1. The summed E-state index contributed by atoms with van der Waals surface area (Å²) in [4.78, 5) is 0. The third kappa shape index (κ3) is 4.49. The van der Waals surface area contributed by atoms with Gasteiger partial charge in [-0.2, -0.15) is 0 Å². The number of hydrogen-bond donors (Lipinski definition) is 1. The van der Waals surface area contributed by atoms with E-state index in [9.17, 15) is 12.8 Å². The van der Waals surface area contributed by atoms with Crippen LogP contribution in [0, 0.1) is 12.7 Å². The van der Waals surface area contributed by atoms with Gasteiger partial charge in [0.05, 0.1) is 11.4 Å². The fourth-order valence-electron chi connectivity index (χ4n) is 1.80. The molecule has 7 heteroatoms. The molecule has 5 nitrogen and oxygen atoms in total. The van der Waals surface area contributed by atoms with Crippen molar-refractivity contribution in [2.45, 2.75) is 6.92 Å². The van der Waals surface area contributed by atoms with Gasteiger partial charge in [0.1, 0.15) is 15.7 Å². The van der Waals surface area contributed by atoms with Crippen molar-refractivity contribution >= 4 is 15.7 Å². The molecule has 0 atom stereocenters. The zero-order valence-electron chi connectivity index (χ0n) is 11.8. The molecular formula is C14H16FN3O2S. The Hall–Kier alpha value is -2.02. The molecule has 112 valence electrons. The summed E-state index contributed by atoms with van der Waals surface area (Å²) in [5.41, 5.74) is 2.03. The fourth-order valence-corrected chi connectivity index (χ4v) is 2.28. The second-order valence-electron chi connectivity index (χ2n) is 4.83. The number of nitrogens with zero attached hydrogens (tertiary/aromatic N) is 2. The normalized spacial score (nSPS) is 11.4. The number of rotatable bonds is 5. The SMILES string of the molecule is Cc1cc(-c2cccc(F)c2)nnc1NCCS(C)(=O)=O. The van der Waals surface area contributed by atoms with Crippen molar-refractivity contribution in [1.29, 1.82) is 0 Å². The maximum Gasteiger partial charge on any atom is 0.151 e. The highest BCUT2D eigenvalue weighted by atomic mass is 32.2. The van der Waals surface area contributed by atoms with Crippen LogP contribution in [0.1, 0.15) is 5.56 Å². The third-order valence-electron chi connectivity index (χ3n) is 2.87. The van der Waals surface area contributed by atoms with Gasteiger partial charge in [0.2, 0.25) is 0 Å². The van der Waals surface area contributed by atoms with E-state index in [1.165, 1.54) is 18.4 Å². The van der Waals surface area contributed by atoms with E-state index in [2.05, 4.69) is 15.5 Å². The standard InChI is InChI=1S/C14H16FN3O2S/c1-10-8-13(11-4-3-5-12(15)9-11)17-18-14(10)16-6-7-21(2,19)20/h3-5,8-9H,6-7H2,1-2H3,(H,16,18). The lowest BCUT2D eigenvalue weighted by molar-refractivity contribution is 0.602. The van der Waals surface area contributed by atoms with Crippen LogP contribution in [0.25, 0.3) is 11.3 Å². The largest absolute Gasteiger partial charge is 0.367 e. The van der Waals surface area contributed by atoms with Crippen molar-refractivity contribution in [3.05, 3.63) is 41.7 Å². The molecule has 0 aliphatic heterocycles. The van der Waals surface area contributed by atoms with E-state index in [1.807, 2.05) is 6.92 Å². The quantitative estimate of drug-likeness (QED) is 0.915. The Kier molecular flexibility index (Phi) is 4.52. The van der Waals surface area contributed by atoms with E-state index < -0.39 is 9.84 Å². The van der Waals surface area contributed by atoms with Gasteiger partial charge >= 0.3 is 0 Å². The van der Waals surface area contributed by atoms with E-state index in [-0.39, 0.29) is 18.1 Å². The number of nitrogens with one attached hydrogen (secondary N) is 1. The zero-order chi connectivity index (χ0) is 15.5. The molecule has 0 unspecified atom stereocenters. The Labute approximate surface area is 123 Å². The number of halogens is 1. The van der Waals surface area contributed by atoms with Gasteiger partial charge in [-0.15, -0.1) is 10.2 Å². The lowest BCUT2D eigenvalue weighted by Crippen LogP contribution is -2.15. The molecule has 0 aliphatic rings. The maximum absolute atomic E-state index is 13.2. The summed E-state index contributed by atoms with van der Waals surface area (Å²) >= 11 is 0. The highest BCUT2D eigenvalue weighted by Gasteiger charge is 2.07. The molecule has 0 saturated heterocycles. The summed E-state index contributed by atoms with van der Waals surface area (Å²) in [6.45, 7) is 2.11. The van der Waals surface area contributed by atoms with Crippen molar-refractivity contribution in [3.63, 3.8) is 0 Å². The van der Waals surface area contributed by atoms with E-state index >= 15 is 0 Å². The molecule has 0 amide bonds. The molecular weight excluding hydrogens is 293 g/mol. The second kappa shape index (κ2) is 6.17. The highest BCUT2D eigenvalue weighted by molar-refractivity contribution is 7.90. The Balaban J connectivity index is 2.14. The third-order valence-corrected chi connectivity index (χ3v) is 3.82. The van der Waals surface area contributed by atoms with Gasteiger partial charge in [-0.1, -0.05) is 12.1 Å². The van der Waals surface area contributed by atoms with Crippen molar-refractivity contribution in [2.75, 3.05) is 23.9 Å². The van der Waals surface area contributed by atoms with Crippen LogP contribution in [-0.2, 0) is 9.84 Å². The Morgan fingerprint density at radius 3 is 2.62 bits per heavy atom. The molecule has 0 saturated carbocycles. The first-order valence-electron chi connectivity index (χ1n) is 6.37. The summed E-state index contributed by atoms with van der Waals surface area (Å²) in [5.74, 6) is 0.223. The minimum Gasteiger partial charge on any atom is -0.367 e. The summed E-state index contributed by atoms with van der Waals surface area (Å²) < 4.78 is 35.3. The van der Waals surface area contributed by atoms with Gasteiger partial charge in [-0.25, -0.2) is 12.8 Å². The lowest BCUT2D eigenvalue weighted by atomic mass is 10.1. The van der Waals surface area contributed by atoms with Gasteiger partial charge in [-0.3, -0.25) is 0 Å². The van der Waals surface area contributed by atoms with Gasteiger partial charge < -0.3 is 5.32 Å². The van der Waals surface area contributed by atoms with Crippen LogP contribution in [0.15, 0.2) is 30.3 Å². The fraction of sp³-hybridized carbons (Fsp3) is 0.286. The molecule has 1 heterocycles. The minimum absolute atomic E-state index is 0.0275. The molecule has 1 aromatic heterocycles. The molecule has 0 bridgehead atoms. The smallest absolute Gasteiger partial charge is 0.151 e. The monoisotopic (exact) mass is 309 g/mol.